The third-order valence-electron chi connectivity index (χ3n) is 1.77. The molecule has 0 bridgehead atoms. The molecule has 0 aliphatic rings. The fourth-order valence-electron chi connectivity index (χ4n) is 1.12. The first-order valence-corrected chi connectivity index (χ1v) is 6.16. The number of hydrogen-bond acceptors (Lipinski definition) is 5. The Balaban J connectivity index is 1.99. The van der Waals surface area contributed by atoms with Gasteiger partial charge in [-0.1, -0.05) is 6.07 Å². The highest BCUT2D eigenvalue weighted by atomic mass is 32.2. The van der Waals surface area contributed by atoms with Crippen LogP contribution in [0.15, 0.2) is 35.4 Å². The van der Waals surface area contributed by atoms with Crippen LogP contribution >= 0.6 is 23.1 Å². The highest BCUT2D eigenvalue weighted by Crippen LogP contribution is 2.28. The summed E-state index contributed by atoms with van der Waals surface area (Å²) in [7, 11) is 0. The lowest BCUT2D eigenvalue weighted by Gasteiger charge is -1.99. The largest absolute Gasteiger partial charge is 0.508 e. The van der Waals surface area contributed by atoms with Crippen LogP contribution in [-0.4, -0.2) is 10.1 Å². The number of rotatable bonds is 3. The summed E-state index contributed by atoms with van der Waals surface area (Å²) in [5.41, 5.74) is 5.53. The molecule has 2 rings (SSSR count). The van der Waals surface area contributed by atoms with Crippen LogP contribution in [0.5, 0.6) is 5.75 Å². The Morgan fingerprint density at radius 3 is 3.00 bits per heavy atom. The molecule has 2 aromatic rings. The van der Waals surface area contributed by atoms with Crippen molar-refractivity contribution in [1.82, 2.24) is 4.98 Å². The highest BCUT2D eigenvalue weighted by Gasteiger charge is 2.00. The Morgan fingerprint density at radius 1 is 1.47 bits per heavy atom. The van der Waals surface area contributed by atoms with Gasteiger partial charge in [0.15, 0.2) is 5.13 Å². The van der Waals surface area contributed by atoms with Gasteiger partial charge in [-0.05, 0) is 18.2 Å². The number of aromatic hydroxyl groups is 1. The number of phenolic OH excluding ortho intramolecular Hbond substituents is 1. The molecule has 78 valence electrons. The van der Waals surface area contributed by atoms with E-state index in [1.54, 1.807) is 30.1 Å². The predicted octanol–water partition coefficient (Wildman–Crippen LogP) is 2.72. The molecule has 0 atom stereocenters. The molecular formula is C10H10N2OS2. The Kier molecular flexibility index (Phi) is 3.13. The number of nitrogens with zero attached hydrogens (tertiary/aromatic N) is 1. The Hall–Kier alpha value is -1.20. The second-order valence-corrected chi connectivity index (χ2v) is 5.15. The van der Waals surface area contributed by atoms with E-state index >= 15 is 0 Å². The molecule has 1 aromatic carbocycles. The van der Waals surface area contributed by atoms with E-state index < -0.39 is 0 Å². The van der Waals surface area contributed by atoms with Crippen LogP contribution in [0.25, 0.3) is 0 Å². The van der Waals surface area contributed by atoms with Crippen LogP contribution in [0.4, 0.5) is 5.13 Å². The van der Waals surface area contributed by atoms with Gasteiger partial charge in [0, 0.05) is 21.7 Å². The Morgan fingerprint density at radius 2 is 2.33 bits per heavy atom. The lowest BCUT2D eigenvalue weighted by Crippen LogP contribution is -1.77. The van der Waals surface area contributed by atoms with Gasteiger partial charge in [0.25, 0.3) is 0 Å². The smallest absolute Gasteiger partial charge is 0.180 e. The fourth-order valence-corrected chi connectivity index (χ4v) is 2.77. The van der Waals surface area contributed by atoms with E-state index in [0.29, 0.717) is 10.9 Å². The summed E-state index contributed by atoms with van der Waals surface area (Å²) in [5.74, 6) is 1.13. The lowest BCUT2D eigenvalue weighted by molar-refractivity contribution is 0.474. The SMILES string of the molecule is Nc1ncc(CSc2cccc(O)c2)s1. The third kappa shape index (κ3) is 2.87. The van der Waals surface area contributed by atoms with Crippen LogP contribution in [-0.2, 0) is 5.75 Å². The molecule has 15 heavy (non-hydrogen) atoms. The molecule has 0 radical (unpaired) electrons. The van der Waals surface area contributed by atoms with Crippen LogP contribution in [0.3, 0.4) is 0 Å². The van der Waals surface area contributed by atoms with Crippen molar-refractivity contribution in [2.24, 2.45) is 0 Å². The summed E-state index contributed by atoms with van der Waals surface area (Å²) in [6, 6.07) is 7.21. The molecular weight excluding hydrogens is 228 g/mol. The van der Waals surface area contributed by atoms with Crippen molar-refractivity contribution in [2.45, 2.75) is 10.6 Å². The predicted molar refractivity (Wildman–Crippen MR) is 64.2 cm³/mol. The van der Waals surface area contributed by atoms with E-state index in [2.05, 4.69) is 4.98 Å². The number of nitrogens with two attached hydrogens (primary N) is 1. The van der Waals surface area contributed by atoms with E-state index in [1.165, 1.54) is 11.3 Å². The van der Waals surface area contributed by atoms with Gasteiger partial charge in [-0.3, -0.25) is 0 Å². The summed E-state index contributed by atoms with van der Waals surface area (Å²) < 4.78 is 0. The zero-order chi connectivity index (χ0) is 10.7. The molecule has 0 saturated heterocycles. The zero-order valence-electron chi connectivity index (χ0n) is 7.88. The maximum atomic E-state index is 9.27. The summed E-state index contributed by atoms with van der Waals surface area (Å²) in [5, 5.41) is 9.87. The van der Waals surface area contributed by atoms with Crippen LogP contribution < -0.4 is 5.73 Å². The number of benzene rings is 1. The van der Waals surface area contributed by atoms with Crippen LogP contribution in [0, 0.1) is 0 Å². The molecule has 3 N–H and O–H groups in total. The van der Waals surface area contributed by atoms with Gasteiger partial charge in [-0.25, -0.2) is 4.98 Å². The minimum absolute atomic E-state index is 0.295. The second kappa shape index (κ2) is 4.55. The van der Waals surface area contributed by atoms with Gasteiger partial charge in [0.1, 0.15) is 5.75 Å². The molecule has 3 nitrogen and oxygen atoms in total. The average molecular weight is 238 g/mol. The summed E-state index contributed by atoms with van der Waals surface area (Å²) >= 11 is 3.15. The molecule has 5 heteroatoms. The van der Waals surface area contributed by atoms with Crippen LogP contribution in [0.2, 0.25) is 0 Å². The topological polar surface area (TPSA) is 59.1 Å². The first-order valence-electron chi connectivity index (χ1n) is 4.36. The number of thioether (sulfide) groups is 1. The quantitative estimate of drug-likeness (QED) is 0.807. The Bertz CT molecular complexity index is 456. The van der Waals surface area contributed by atoms with Gasteiger partial charge in [-0.2, -0.15) is 0 Å². The average Bonchev–Trinajstić information content (AvgIpc) is 2.62. The van der Waals surface area contributed by atoms with Gasteiger partial charge in [0.05, 0.1) is 0 Å². The molecule has 0 saturated carbocycles. The number of thiazole rings is 1. The molecule has 0 fully saturated rings. The van der Waals surface area contributed by atoms with Gasteiger partial charge < -0.3 is 10.8 Å². The molecule has 0 unspecified atom stereocenters. The minimum atomic E-state index is 0.295. The summed E-state index contributed by atoms with van der Waals surface area (Å²) in [4.78, 5) is 6.16. The maximum absolute atomic E-state index is 9.27. The highest BCUT2D eigenvalue weighted by molar-refractivity contribution is 7.98. The van der Waals surface area contributed by atoms with E-state index in [1.807, 2.05) is 12.1 Å². The minimum Gasteiger partial charge on any atom is -0.508 e. The second-order valence-electron chi connectivity index (χ2n) is 2.95. The van der Waals surface area contributed by atoms with Gasteiger partial charge >= 0.3 is 0 Å². The van der Waals surface area contributed by atoms with Gasteiger partial charge in [0.2, 0.25) is 0 Å². The Labute approximate surface area is 96.0 Å². The van der Waals surface area contributed by atoms with E-state index in [-0.39, 0.29) is 0 Å². The summed E-state index contributed by atoms with van der Waals surface area (Å²) in [6.45, 7) is 0. The number of aromatic nitrogens is 1. The molecule has 0 spiro atoms. The van der Waals surface area contributed by atoms with E-state index in [0.717, 1.165) is 15.5 Å². The van der Waals surface area contributed by atoms with Crippen molar-refractivity contribution in [2.75, 3.05) is 5.73 Å². The first kappa shape index (κ1) is 10.3. The third-order valence-corrected chi connectivity index (χ3v) is 3.82. The van der Waals surface area contributed by atoms with E-state index in [9.17, 15) is 5.11 Å². The van der Waals surface area contributed by atoms with Gasteiger partial charge in [-0.15, -0.1) is 23.1 Å². The molecule has 0 amide bonds. The molecule has 1 heterocycles. The molecule has 1 aromatic heterocycles. The summed E-state index contributed by atoms with van der Waals surface area (Å²) in [6.07, 6.45) is 1.79. The number of phenols is 1. The number of anilines is 1. The monoisotopic (exact) mass is 238 g/mol. The lowest BCUT2D eigenvalue weighted by atomic mass is 10.3. The van der Waals surface area contributed by atoms with Crippen molar-refractivity contribution < 1.29 is 5.11 Å². The van der Waals surface area contributed by atoms with Crippen molar-refractivity contribution in [1.29, 1.82) is 0 Å². The van der Waals surface area contributed by atoms with E-state index in [4.69, 9.17) is 5.73 Å². The standard InChI is InChI=1S/C10H10N2OS2/c11-10-12-5-9(15-10)6-14-8-3-1-2-7(13)4-8/h1-5,13H,6H2,(H2,11,12). The van der Waals surface area contributed by atoms with Crippen molar-refractivity contribution in [3.63, 3.8) is 0 Å². The number of nitrogen functional groups attached to an aromatic ring is 1. The normalized spacial score (nSPS) is 10.4. The van der Waals surface area contributed by atoms with Crippen molar-refractivity contribution in [3.8, 4) is 5.75 Å². The maximum Gasteiger partial charge on any atom is 0.180 e. The number of hydrogen-bond donors (Lipinski definition) is 2. The molecule has 0 aliphatic heterocycles. The van der Waals surface area contributed by atoms with Crippen LogP contribution in [0.1, 0.15) is 4.88 Å². The van der Waals surface area contributed by atoms with Crippen molar-refractivity contribution in [3.05, 3.63) is 35.3 Å². The van der Waals surface area contributed by atoms with Crippen molar-refractivity contribution >= 4 is 28.2 Å². The fraction of sp³-hybridized carbons (Fsp3) is 0.100. The first-order chi connectivity index (χ1) is 7.24. The molecule has 0 aliphatic carbocycles. The zero-order valence-corrected chi connectivity index (χ0v) is 9.52.